The fourth-order valence-electron chi connectivity index (χ4n) is 5.56. The molecular formula is C32H41FN4O6. The maximum Gasteiger partial charge on any atom is 0.255 e. The van der Waals surface area contributed by atoms with E-state index in [2.05, 4.69) is 21.3 Å². The molecule has 2 heterocycles. The van der Waals surface area contributed by atoms with Crippen LogP contribution in [0.2, 0.25) is 0 Å². The highest BCUT2D eigenvalue weighted by atomic mass is 19.1. The highest BCUT2D eigenvalue weighted by molar-refractivity contribution is 6.01. The molecule has 2 aromatic rings. The van der Waals surface area contributed by atoms with Gasteiger partial charge in [-0.05, 0) is 61.9 Å². The Morgan fingerprint density at radius 3 is 2.51 bits per heavy atom. The van der Waals surface area contributed by atoms with Gasteiger partial charge >= 0.3 is 0 Å². The molecule has 11 heteroatoms. The second-order valence-corrected chi connectivity index (χ2v) is 11.8. The molecule has 2 aliphatic heterocycles. The van der Waals surface area contributed by atoms with Gasteiger partial charge in [0.1, 0.15) is 30.3 Å². The van der Waals surface area contributed by atoms with Crippen molar-refractivity contribution in [3.8, 4) is 5.75 Å². The van der Waals surface area contributed by atoms with E-state index in [0.717, 1.165) is 5.56 Å². The fraction of sp³-hybridized carbons (Fsp3) is 0.500. The minimum atomic E-state index is -1.25. The molecule has 0 spiro atoms. The van der Waals surface area contributed by atoms with E-state index in [1.54, 1.807) is 37.3 Å². The van der Waals surface area contributed by atoms with Gasteiger partial charge in [0.2, 0.25) is 17.7 Å². The van der Waals surface area contributed by atoms with E-state index in [4.69, 9.17) is 9.47 Å². The number of carbonyl (C=O) groups is 4. The van der Waals surface area contributed by atoms with Gasteiger partial charge < -0.3 is 30.7 Å². The summed E-state index contributed by atoms with van der Waals surface area (Å²) in [4.78, 5) is 53.1. The van der Waals surface area contributed by atoms with Crippen LogP contribution in [0.1, 0.15) is 62.4 Å². The molecule has 10 nitrogen and oxygen atoms in total. The number of nitrogens with one attached hydrogen (secondary N) is 4. The predicted molar refractivity (Wildman–Crippen MR) is 158 cm³/mol. The molecule has 1 saturated heterocycles. The Morgan fingerprint density at radius 2 is 1.79 bits per heavy atom. The molecule has 0 aromatic heterocycles. The summed E-state index contributed by atoms with van der Waals surface area (Å²) in [6, 6.07) is 10.4. The summed E-state index contributed by atoms with van der Waals surface area (Å²) in [6.07, 6.45) is 1.35. The van der Waals surface area contributed by atoms with E-state index in [9.17, 15) is 23.6 Å². The lowest BCUT2D eigenvalue weighted by molar-refractivity contribution is -0.131. The molecule has 3 atom stereocenters. The predicted octanol–water partition coefficient (Wildman–Crippen LogP) is 2.61. The lowest BCUT2D eigenvalue weighted by atomic mass is 9.74. The van der Waals surface area contributed by atoms with Crippen molar-refractivity contribution in [3.63, 3.8) is 0 Å². The van der Waals surface area contributed by atoms with Crippen LogP contribution in [0.4, 0.5) is 4.39 Å². The van der Waals surface area contributed by atoms with E-state index in [1.807, 2.05) is 19.9 Å². The summed E-state index contributed by atoms with van der Waals surface area (Å²) in [5.74, 6) is -1.93. The monoisotopic (exact) mass is 596 g/mol. The largest absolute Gasteiger partial charge is 0.491 e. The van der Waals surface area contributed by atoms with Crippen molar-refractivity contribution in [2.75, 3.05) is 26.4 Å². The normalized spacial score (nSPS) is 23.1. The van der Waals surface area contributed by atoms with E-state index in [1.165, 1.54) is 12.1 Å². The number of ether oxygens (including phenoxy) is 2. The summed E-state index contributed by atoms with van der Waals surface area (Å²) in [7, 11) is 0. The van der Waals surface area contributed by atoms with Crippen molar-refractivity contribution in [3.05, 3.63) is 65.5 Å². The molecule has 0 radical (unpaired) electrons. The second kappa shape index (κ2) is 14.5. The number of fused-ring (bicyclic) bond motifs is 1. The zero-order valence-corrected chi connectivity index (χ0v) is 24.9. The standard InChI is InChI=1S/C32H41FN4O6/c1-20(2)15-24-18-43-27-10-5-4-9-25(27)30(40)37-26(17-28(38)35-21(3)29(39)36-24)31(41)34-19-32(11-13-42-14-12-32)22-7-6-8-23(33)16-22/h4-10,16,20-21,24,26H,11-15,17-19H2,1-3H3,(H,34,41)(H,35,38)(H,36,39)(H,37,40)/t21-,24-,26-/m0/s1. The molecule has 0 bridgehead atoms. The molecule has 1 fully saturated rings. The van der Waals surface area contributed by atoms with E-state index < -0.39 is 41.6 Å². The zero-order chi connectivity index (χ0) is 31.0. The molecule has 2 aromatic carbocycles. The van der Waals surface area contributed by atoms with Crippen molar-refractivity contribution in [2.45, 2.75) is 70.0 Å². The van der Waals surface area contributed by atoms with Crippen molar-refractivity contribution >= 4 is 23.6 Å². The van der Waals surface area contributed by atoms with Crippen LogP contribution in [0.3, 0.4) is 0 Å². The highest BCUT2D eigenvalue weighted by Gasteiger charge is 2.36. The molecule has 0 saturated carbocycles. The number of carbonyl (C=O) groups excluding carboxylic acids is 4. The van der Waals surface area contributed by atoms with Gasteiger partial charge in [-0.2, -0.15) is 0 Å². The van der Waals surface area contributed by atoms with Crippen molar-refractivity contribution in [1.29, 1.82) is 0 Å². The number of amides is 4. The highest BCUT2D eigenvalue weighted by Crippen LogP contribution is 2.34. The average Bonchev–Trinajstić information content (AvgIpc) is 2.98. The Labute approximate surface area is 251 Å². The summed E-state index contributed by atoms with van der Waals surface area (Å²) >= 11 is 0. The maximum atomic E-state index is 14.1. The number of halogens is 1. The van der Waals surface area contributed by atoms with Gasteiger partial charge in [-0.1, -0.05) is 38.1 Å². The molecule has 232 valence electrons. The molecule has 4 amide bonds. The number of hydrogen-bond donors (Lipinski definition) is 4. The van der Waals surface area contributed by atoms with Gasteiger partial charge in [-0.15, -0.1) is 0 Å². The van der Waals surface area contributed by atoms with E-state index >= 15 is 0 Å². The Hall–Kier alpha value is -3.99. The SMILES string of the molecule is CC(C)C[C@H]1COc2ccccc2C(=O)N[C@H](C(=O)NCC2(c3cccc(F)c3)CCOCC2)CC(=O)N[C@@H](C)C(=O)N1. The molecule has 43 heavy (non-hydrogen) atoms. The van der Waals surface area contributed by atoms with Gasteiger partial charge in [0.25, 0.3) is 5.91 Å². The summed E-state index contributed by atoms with van der Waals surface area (Å²) in [6.45, 7) is 6.78. The fourth-order valence-corrected chi connectivity index (χ4v) is 5.56. The number of para-hydroxylation sites is 1. The summed E-state index contributed by atoms with van der Waals surface area (Å²) in [5.41, 5.74) is 0.357. The third-order valence-corrected chi connectivity index (χ3v) is 7.94. The Morgan fingerprint density at radius 1 is 1.05 bits per heavy atom. The third-order valence-electron chi connectivity index (χ3n) is 7.94. The summed E-state index contributed by atoms with van der Waals surface area (Å²) < 4.78 is 25.7. The first-order valence-electron chi connectivity index (χ1n) is 14.8. The lowest BCUT2D eigenvalue weighted by Gasteiger charge is -2.38. The van der Waals surface area contributed by atoms with Crippen LogP contribution in [-0.4, -0.2) is 68.1 Å². The molecule has 2 aliphatic rings. The molecule has 0 aliphatic carbocycles. The van der Waals surface area contributed by atoms with E-state index in [-0.39, 0.29) is 42.4 Å². The Balaban J connectivity index is 1.58. The zero-order valence-electron chi connectivity index (χ0n) is 24.9. The molecular weight excluding hydrogens is 555 g/mol. The van der Waals surface area contributed by atoms with Gasteiger partial charge in [0, 0.05) is 25.2 Å². The Bertz CT molecular complexity index is 1310. The van der Waals surface area contributed by atoms with Crippen LogP contribution in [0.15, 0.2) is 48.5 Å². The van der Waals surface area contributed by atoms with Crippen molar-refractivity contribution in [1.82, 2.24) is 21.3 Å². The third kappa shape index (κ3) is 8.53. The van der Waals surface area contributed by atoms with Crippen molar-refractivity contribution < 1.29 is 33.0 Å². The van der Waals surface area contributed by atoms with Gasteiger partial charge in [-0.3, -0.25) is 19.2 Å². The molecule has 4 rings (SSSR count). The van der Waals surface area contributed by atoms with Crippen LogP contribution in [0.5, 0.6) is 5.75 Å². The average molecular weight is 597 g/mol. The topological polar surface area (TPSA) is 135 Å². The minimum Gasteiger partial charge on any atom is -0.491 e. The first-order valence-corrected chi connectivity index (χ1v) is 14.8. The lowest BCUT2D eigenvalue weighted by Crippen LogP contribution is -2.54. The van der Waals surface area contributed by atoms with Crippen LogP contribution >= 0.6 is 0 Å². The smallest absolute Gasteiger partial charge is 0.255 e. The van der Waals surface area contributed by atoms with Crippen LogP contribution in [-0.2, 0) is 24.5 Å². The van der Waals surface area contributed by atoms with Gasteiger partial charge in [0.15, 0.2) is 0 Å². The van der Waals surface area contributed by atoms with Crippen LogP contribution < -0.4 is 26.0 Å². The van der Waals surface area contributed by atoms with Crippen LogP contribution in [0.25, 0.3) is 0 Å². The second-order valence-electron chi connectivity index (χ2n) is 11.8. The number of benzene rings is 2. The van der Waals surface area contributed by atoms with Crippen LogP contribution in [0, 0.1) is 11.7 Å². The van der Waals surface area contributed by atoms with E-state index in [0.29, 0.717) is 38.2 Å². The molecule has 4 N–H and O–H groups in total. The first kappa shape index (κ1) is 31.9. The Kier molecular flexibility index (Phi) is 10.7. The maximum absolute atomic E-state index is 14.1. The minimum absolute atomic E-state index is 0.116. The number of hydrogen-bond acceptors (Lipinski definition) is 6. The summed E-state index contributed by atoms with van der Waals surface area (Å²) in [5, 5.41) is 11.2. The van der Waals surface area contributed by atoms with Gasteiger partial charge in [-0.25, -0.2) is 4.39 Å². The van der Waals surface area contributed by atoms with Gasteiger partial charge in [0.05, 0.1) is 18.0 Å². The molecule has 0 unspecified atom stereocenters. The quantitative estimate of drug-likeness (QED) is 0.405. The van der Waals surface area contributed by atoms with Crippen molar-refractivity contribution in [2.24, 2.45) is 5.92 Å². The first-order chi connectivity index (χ1) is 20.6. The number of rotatable bonds is 6.